The van der Waals surface area contributed by atoms with E-state index >= 15 is 0 Å². The number of nitro groups is 2. The Hall–Kier alpha value is -4.22. The molecule has 2 aromatic rings. The van der Waals surface area contributed by atoms with Crippen LogP contribution >= 0.6 is 0 Å². The van der Waals surface area contributed by atoms with Gasteiger partial charge >= 0.3 is 17.3 Å². The van der Waals surface area contributed by atoms with Crippen molar-refractivity contribution in [3.05, 3.63) is 62.2 Å². The minimum absolute atomic E-state index is 0.0609. The molecule has 3 N–H and O–H groups in total. The Labute approximate surface area is 157 Å². The van der Waals surface area contributed by atoms with Crippen molar-refractivity contribution in [2.45, 2.75) is 6.92 Å². The van der Waals surface area contributed by atoms with Crippen LogP contribution in [0.5, 0.6) is 11.5 Å². The van der Waals surface area contributed by atoms with Crippen LogP contribution in [0.2, 0.25) is 0 Å². The van der Waals surface area contributed by atoms with E-state index in [1.807, 2.05) is 0 Å². The number of ether oxygens (including phenoxy) is 1. The van der Waals surface area contributed by atoms with E-state index in [0.29, 0.717) is 11.6 Å². The number of aliphatic carboxylic acids is 1. The quantitative estimate of drug-likeness (QED) is 0.347. The molecule has 0 fully saturated rings. The summed E-state index contributed by atoms with van der Waals surface area (Å²) >= 11 is 0. The van der Waals surface area contributed by atoms with Crippen molar-refractivity contribution in [2.75, 3.05) is 12.0 Å². The summed E-state index contributed by atoms with van der Waals surface area (Å²) in [6.45, 7) is 0.652. The lowest BCUT2D eigenvalue weighted by Gasteiger charge is -2.09. The number of carboxylic acids is 1. The minimum Gasteiger partial charge on any atom is -0.507 e. The summed E-state index contributed by atoms with van der Waals surface area (Å²) in [7, 11) is 0. The molecule has 2 rings (SSSR count). The molecular weight excluding hydrogens is 376 g/mol. The monoisotopic (exact) mass is 390 g/mol. The van der Waals surface area contributed by atoms with Gasteiger partial charge in [0.1, 0.15) is 17.5 Å². The summed E-state index contributed by atoms with van der Waals surface area (Å²) in [6, 6.07) is 7.82. The van der Waals surface area contributed by atoms with Crippen molar-refractivity contribution in [2.24, 2.45) is 5.10 Å². The average Bonchev–Trinajstić information content (AvgIpc) is 2.64. The number of anilines is 1. The number of phenols is 1. The van der Waals surface area contributed by atoms with Gasteiger partial charge in [-0.2, -0.15) is 5.10 Å². The fourth-order valence-corrected chi connectivity index (χ4v) is 2.18. The summed E-state index contributed by atoms with van der Waals surface area (Å²) in [5.41, 5.74) is 1.35. The van der Waals surface area contributed by atoms with E-state index in [1.54, 1.807) is 18.2 Å². The Morgan fingerprint density at radius 2 is 1.82 bits per heavy atom. The number of carbonyl (C=O) groups is 1. The Kier molecular flexibility index (Phi) is 6.06. The fourth-order valence-electron chi connectivity index (χ4n) is 2.18. The van der Waals surface area contributed by atoms with Gasteiger partial charge in [-0.1, -0.05) is 12.1 Å². The molecular formula is C16H14N4O8. The van der Waals surface area contributed by atoms with E-state index in [2.05, 4.69) is 10.5 Å². The molecule has 0 spiro atoms. The number of hydrogen-bond donors (Lipinski definition) is 3. The number of phenolic OH excluding ortho intramolecular Hbond substituents is 1. The fraction of sp³-hybridized carbons (Fsp3) is 0.125. The molecule has 0 unspecified atom stereocenters. The smallest absolute Gasteiger partial charge is 0.341 e. The van der Waals surface area contributed by atoms with Crippen LogP contribution in [0.4, 0.5) is 17.1 Å². The van der Waals surface area contributed by atoms with Crippen LogP contribution in [0.25, 0.3) is 0 Å². The topological polar surface area (TPSA) is 177 Å². The van der Waals surface area contributed by atoms with Crippen molar-refractivity contribution in [3.8, 4) is 11.5 Å². The highest BCUT2D eigenvalue weighted by Crippen LogP contribution is 2.37. The van der Waals surface area contributed by atoms with E-state index in [4.69, 9.17) is 9.84 Å². The van der Waals surface area contributed by atoms with Gasteiger partial charge in [-0.3, -0.25) is 25.7 Å². The number of nitro benzene ring substituents is 2. The number of carboxylic acid groups (broad SMARTS) is 1. The average molecular weight is 390 g/mol. The second-order valence-corrected chi connectivity index (χ2v) is 5.36. The highest BCUT2D eigenvalue weighted by molar-refractivity contribution is 6.01. The van der Waals surface area contributed by atoms with Gasteiger partial charge in [0, 0.05) is 11.6 Å². The van der Waals surface area contributed by atoms with Crippen LogP contribution < -0.4 is 10.2 Å². The normalized spacial score (nSPS) is 11.0. The Balaban J connectivity index is 2.46. The van der Waals surface area contributed by atoms with Gasteiger partial charge in [0.25, 0.3) is 0 Å². The second-order valence-electron chi connectivity index (χ2n) is 5.36. The van der Waals surface area contributed by atoms with E-state index < -0.39 is 39.5 Å². The predicted molar refractivity (Wildman–Crippen MR) is 96.8 cm³/mol. The molecule has 12 heteroatoms. The van der Waals surface area contributed by atoms with Gasteiger partial charge in [-0.05, 0) is 19.1 Å². The van der Waals surface area contributed by atoms with Crippen LogP contribution in [0.1, 0.15) is 12.5 Å². The molecule has 0 saturated heterocycles. The number of para-hydroxylation sites is 1. The zero-order valence-corrected chi connectivity index (χ0v) is 14.4. The van der Waals surface area contributed by atoms with E-state index in [0.717, 1.165) is 6.07 Å². The molecule has 28 heavy (non-hydrogen) atoms. The summed E-state index contributed by atoms with van der Waals surface area (Å²) in [5.74, 6) is -1.92. The third-order valence-electron chi connectivity index (χ3n) is 3.46. The zero-order valence-electron chi connectivity index (χ0n) is 14.4. The molecule has 146 valence electrons. The summed E-state index contributed by atoms with van der Waals surface area (Å²) < 4.78 is 4.85. The number of rotatable bonds is 8. The highest BCUT2D eigenvalue weighted by Gasteiger charge is 2.26. The van der Waals surface area contributed by atoms with Crippen LogP contribution in [0, 0.1) is 20.2 Å². The molecule has 12 nitrogen and oxygen atoms in total. The van der Waals surface area contributed by atoms with E-state index in [1.165, 1.54) is 13.0 Å². The zero-order chi connectivity index (χ0) is 20.8. The molecule has 0 heterocycles. The second kappa shape index (κ2) is 8.44. The van der Waals surface area contributed by atoms with Crippen LogP contribution in [-0.4, -0.2) is 38.3 Å². The van der Waals surface area contributed by atoms with Crippen molar-refractivity contribution < 1.29 is 29.6 Å². The lowest BCUT2D eigenvalue weighted by atomic mass is 10.1. The largest absolute Gasteiger partial charge is 0.507 e. The first-order valence-corrected chi connectivity index (χ1v) is 7.60. The van der Waals surface area contributed by atoms with E-state index in [9.17, 15) is 30.1 Å². The third kappa shape index (κ3) is 4.69. The SMILES string of the molecule is CC(=NNc1cc(OCC(=O)O)c([N+](=O)[O-])cc1[N+](=O)[O-])c1ccccc1O. The standard InChI is InChI=1S/C16H14N4O8/c1-9(10-4-2-3-5-14(10)21)17-18-11-6-15(28-8-16(22)23)13(20(26)27)7-12(11)19(24)25/h2-7,18,21H,8H2,1H3,(H,22,23). The minimum atomic E-state index is -1.38. The molecule has 0 aromatic heterocycles. The van der Waals surface area contributed by atoms with Gasteiger partial charge in [0.15, 0.2) is 12.4 Å². The molecule has 0 aliphatic heterocycles. The van der Waals surface area contributed by atoms with Gasteiger partial charge in [-0.25, -0.2) is 4.79 Å². The van der Waals surface area contributed by atoms with Crippen LogP contribution in [-0.2, 0) is 4.79 Å². The lowest BCUT2D eigenvalue weighted by Crippen LogP contribution is -2.11. The number of nitrogens with one attached hydrogen (secondary N) is 1. The lowest BCUT2D eigenvalue weighted by molar-refractivity contribution is -0.394. The Bertz CT molecular complexity index is 973. The number of benzene rings is 2. The van der Waals surface area contributed by atoms with Gasteiger partial charge in [0.2, 0.25) is 0 Å². The van der Waals surface area contributed by atoms with E-state index in [-0.39, 0.29) is 17.1 Å². The molecule has 0 radical (unpaired) electrons. The van der Waals surface area contributed by atoms with Crippen molar-refractivity contribution in [1.29, 1.82) is 0 Å². The highest BCUT2D eigenvalue weighted by atomic mass is 16.6. The number of hydrazone groups is 1. The number of nitrogens with zero attached hydrogens (tertiary/aromatic N) is 3. The van der Waals surface area contributed by atoms with Crippen molar-refractivity contribution >= 4 is 28.7 Å². The van der Waals surface area contributed by atoms with Crippen molar-refractivity contribution in [1.82, 2.24) is 0 Å². The van der Waals surface area contributed by atoms with Crippen LogP contribution in [0.3, 0.4) is 0 Å². The summed E-state index contributed by atoms with van der Waals surface area (Å²) in [5, 5.41) is 44.8. The number of aromatic hydroxyl groups is 1. The van der Waals surface area contributed by atoms with Gasteiger partial charge in [0.05, 0.1) is 15.6 Å². The maximum absolute atomic E-state index is 11.3. The maximum Gasteiger partial charge on any atom is 0.341 e. The third-order valence-corrected chi connectivity index (χ3v) is 3.46. The molecule has 0 bridgehead atoms. The summed E-state index contributed by atoms with van der Waals surface area (Å²) in [6.07, 6.45) is 0. The first-order chi connectivity index (χ1) is 13.2. The first kappa shape index (κ1) is 20.1. The number of hydrogen-bond acceptors (Lipinski definition) is 9. The molecule has 0 aliphatic rings. The first-order valence-electron chi connectivity index (χ1n) is 7.60. The molecule has 0 aliphatic carbocycles. The van der Waals surface area contributed by atoms with Crippen molar-refractivity contribution in [3.63, 3.8) is 0 Å². The molecule has 0 amide bonds. The van der Waals surface area contributed by atoms with Gasteiger partial charge < -0.3 is 14.9 Å². The summed E-state index contributed by atoms with van der Waals surface area (Å²) in [4.78, 5) is 31.3. The maximum atomic E-state index is 11.3. The molecule has 0 atom stereocenters. The van der Waals surface area contributed by atoms with Crippen LogP contribution in [0.15, 0.2) is 41.5 Å². The molecule has 0 saturated carbocycles. The Morgan fingerprint density at radius 3 is 2.39 bits per heavy atom. The predicted octanol–water partition coefficient (Wildman–Crippen LogP) is 2.51. The van der Waals surface area contributed by atoms with Gasteiger partial charge in [-0.15, -0.1) is 0 Å². The molecule has 2 aromatic carbocycles. The Morgan fingerprint density at radius 1 is 1.18 bits per heavy atom.